The molecule has 0 saturated heterocycles. The normalized spacial score (nSPS) is 12.1. The molecule has 0 bridgehead atoms. The van der Waals surface area contributed by atoms with Crippen molar-refractivity contribution in [2.45, 2.75) is 18.9 Å². The molecule has 7 heteroatoms. The largest absolute Gasteiger partial charge is 0.476 e. The lowest BCUT2D eigenvalue weighted by molar-refractivity contribution is -0.140. The predicted molar refractivity (Wildman–Crippen MR) is 51.6 cm³/mol. The smallest absolute Gasteiger partial charge is 0.358 e. The van der Waals surface area contributed by atoms with Gasteiger partial charge in [-0.15, -0.1) is 0 Å². The zero-order valence-electron chi connectivity index (χ0n) is 8.67. The Balaban J connectivity index is 2.65. The Bertz CT molecular complexity index is 387. The van der Waals surface area contributed by atoms with E-state index in [2.05, 4.69) is 9.72 Å². The van der Waals surface area contributed by atoms with Crippen LogP contribution in [-0.4, -0.2) is 29.1 Å². The highest BCUT2D eigenvalue weighted by atomic mass is 16.5. The molecule has 0 radical (unpaired) electrons. The van der Waals surface area contributed by atoms with Gasteiger partial charge in [-0.3, -0.25) is 4.79 Å². The van der Waals surface area contributed by atoms with Crippen LogP contribution in [0.4, 0.5) is 0 Å². The van der Waals surface area contributed by atoms with Crippen molar-refractivity contribution in [3.8, 4) is 0 Å². The Morgan fingerprint density at radius 3 is 2.94 bits per heavy atom. The summed E-state index contributed by atoms with van der Waals surface area (Å²) < 4.78 is 9.32. The maximum atomic E-state index is 10.9. The van der Waals surface area contributed by atoms with E-state index >= 15 is 0 Å². The molecule has 1 atom stereocenters. The number of aromatic carboxylic acids is 1. The zero-order valence-corrected chi connectivity index (χ0v) is 8.67. The average Bonchev–Trinajstić information content (AvgIpc) is 2.74. The molecule has 1 aromatic heterocycles. The highest BCUT2D eigenvalue weighted by Crippen LogP contribution is 2.19. The molecule has 16 heavy (non-hydrogen) atoms. The van der Waals surface area contributed by atoms with Gasteiger partial charge >= 0.3 is 11.9 Å². The molecule has 3 N–H and O–H groups in total. The van der Waals surface area contributed by atoms with Crippen LogP contribution in [0.1, 0.15) is 35.1 Å². The van der Waals surface area contributed by atoms with Gasteiger partial charge in [0.1, 0.15) is 0 Å². The third kappa shape index (κ3) is 2.80. The van der Waals surface area contributed by atoms with Gasteiger partial charge in [0.25, 0.3) is 0 Å². The Kier molecular flexibility index (Phi) is 4.01. The van der Waals surface area contributed by atoms with Crippen molar-refractivity contribution in [2.24, 2.45) is 5.73 Å². The van der Waals surface area contributed by atoms with Crippen LogP contribution in [0.2, 0.25) is 0 Å². The number of hydrogen-bond donors (Lipinski definition) is 2. The van der Waals surface area contributed by atoms with Crippen molar-refractivity contribution < 1.29 is 23.8 Å². The summed E-state index contributed by atoms with van der Waals surface area (Å²) in [5, 5.41) is 8.76. The summed E-state index contributed by atoms with van der Waals surface area (Å²) in [6.07, 6.45) is 1.34. The number of esters is 1. The van der Waals surface area contributed by atoms with E-state index < -0.39 is 18.0 Å². The van der Waals surface area contributed by atoms with Gasteiger partial charge in [0.2, 0.25) is 0 Å². The number of carboxylic acid groups (broad SMARTS) is 1. The SMILES string of the molecule is COC(=O)CCC(N)c1ocnc1C(=O)O. The van der Waals surface area contributed by atoms with Crippen molar-refractivity contribution in [2.75, 3.05) is 7.11 Å². The Hall–Kier alpha value is -1.89. The first-order valence-corrected chi connectivity index (χ1v) is 4.55. The third-order valence-corrected chi connectivity index (χ3v) is 2.02. The summed E-state index contributed by atoms with van der Waals surface area (Å²) in [5.41, 5.74) is 5.45. The lowest BCUT2D eigenvalue weighted by Crippen LogP contribution is -2.15. The molecule has 1 unspecified atom stereocenters. The van der Waals surface area contributed by atoms with Crippen molar-refractivity contribution >= 4 is 11.9 Å². The molecule has 0 aliphatic carbocycles. The first kappa shape index (κ1) is 12.2. The lowest BCUT2D eigenvalue weighted by Gasteiger charge is -2.07. The van der Waals surface area contributed by atoms with Gasteiger partial charge in [-0.2, -0.15) is 0 Å². The summed E-state index contributed by atoms with van der Waals surface area (Å²) in [6.45, 7) is 0. The number of nitrogens with two attached hydrogens (primary N) is 1. The highest BCUT2D eigenvalue weighted by Gasteiger charge is 2.21. The number of rotatable bonds is 5. The zero-order chi connectivity index (χ0) is 12.1. The van der Waals surface area contributed by atoms with Crippen molar-refractivity contribution in [3.05, 3.63) is 17.8 Å². The molecule has 0 aromatic carbocycles. The number of ether oxygens (including phenoxy) is 1. The fourth-order valence-electron chi connectivity index (χ4n) is 1.19. The first-order valence-electron chi connectivity index (χ1n) is 4.55. The number of oxazole rings is 1. The van der Waals surface area contributed by atoms with Gasteiger partial charge in [0, 0.05) is 6.42 Å². The molecular formula is C9H12N2O5. The molecule has 7 nitrogen and oxygen atoms in total. The average molecular weight is 228 g/mol. The Morgan fingerprint density at radius 1 is 1.69 bits per heavy atom. The van der Waals surface area contributed by atoms with Gasteiger partial charge in [0.15, 0.2) is 17.8 Å². The van der Waals surface area contributed by atoms with Gasteiger partial charge in [-0.05, 0) is 6.42 Å². The molecule has 0 saturated carbocycles. The van der Waals surface area contributed by atoms with Crippen molar-refractivity contribution in [1.29, 1.82) is 0 Å². The molecule has 0 spiro atoms. The quantitative estimate of drug-likeness (QED) is 0.697. The molecule has 0 aliphatic rings. The fraction of sp³-hybridized carbons (Fsp3) is 0.444. The van der Waals surface area contributed by atoms with E-state index in [-0.39, 0.29) is 24.3 Å². The summed E-state index contributed by atoms with van der Waals surface area (Å²) in [6, 6.07) is -0.687. The van der Waals surface area contributed by atoms with Crippen LogP contribution in [0.15, 0.2) is 10.8 Å². The monoisotopic (exact) mass is 228 g/mol. The molecule has 88 valence electrons. The maximum Gasteiger partial charge on any atom is 0.358 e. The second-order valence-electron chi connectivity index (χ2n) is 3.09. The van der Waals surface area contributed by atoms with Crippen LogP contribution in [0.25, 0.3) is 0 Å². The van der Waals surface area contributed by atoms with Crippen LogP contribution in [-0.2, 0) is 9.53 Å². The minimum atomic E-state index is -1.21. The maximum absolute atomic E-state index is 10.9. The van der Waals surface area contributed by atoms with Crippen LogP contribution >= 0.6 is 0 Å². The van der Waals surface area contributed by atoms with Gasteiger partial charge in [-0.25, -0.2) is 9.78 Å². The number of methoxy groups -OCH3 is 1. The predicted octanol–water partition coefficient (Wildman–Crippen LogP) is 0.326. The molecule has 0 fully saturated rings. The minimum absolute atomic E-state index is 0.0661. The highest BCUT2D eigenvalue weighted by molar-refractivity contribution is 5.86. The van der Waals surface area contributed by atoms with Crippen molar-refractivity contribution in [3.63, 3.8) is 0 Å². The van der Waals surface area contributed by atoms with E-state index in [4.69, 9.17) is 15.3 Å². The fourth-order valence-corrected chi connectivity index (χ4v) is 1.19. The van der Waals surface area contributed by atoms with Crippen molar-refractivity contribution in [1.82, 2.24) is 4.98 Å². The second-order valence-corrected chi connectivity index (χ2v) is 3.09. The van der Waals surface area contributed by atoms with E-state index in [0.717, 1.165) is 6.39 Å². The van der Waals surface area contributed by atoms with E-state index in [1.807, 2.05) is 0 Å². The molecule has 0 amide bonds. The summed E-state index contributed by atoms with van der Waals surface area (Å²) in [5.74, 6) is -1.56. The molecule has 1 rings (SSSR count). The van der Waals surface area contributed by atoms with Crippen LogP contribution in [0.5, 0.6) is 0 Å². The number of hydrogen-bond acceptors (Lipinski definition) is 6. The summed E-state index contributed by atoms with van der Waals surface area (Å²) in [4.78, 5) is 25.1. The standard InChI is InChI=1S/C9H12N2O5/c1-15-6(12)3-2-5(10)8-7(9(13)14)11-4-16-8/h4-5H,2-3,10H2,1H3,(H,13,14). The van der Waals surface area contributed by atoms with Crippen LogP contribution in [0, 0.1) is 0 Å². The lowest BCUT2D eigenvalue weighted by atomic mass is 10.1. The Labute approximate surface area is 91.2 Å². The van der Waals surface area contributed by atoms with Crippen LogP contribution < -0.4 is 5.73 Å². The van der Waals surface area contributed by atoms with E-state index in [1.165, 1.54) is 7.11 Å². The minimum Gasteiger partial charge on any atom is -0.476 e. The first-order chi connectivity index (χ1) is 7.56. The third-order valence-electron chi connectivity index (χ3n) is 2.02. The van der Waals surface area contributed by atoms with Gasteiger partial charge in [-0.1, -0.05) is 0 Å². The molecule has 1 heterocycles. The number of carbonyl (C=O) groups is 2. The number of aromatic nitrogens is 1. The number of carboxylic acids is 1. The van der Waals surface area contributed by atoms with E-state index in [0.29, 0.717) is 0 Å². The topological polar surface area (TPSA) is 116 Å². The van der Waals surface area contributed by atoms with Gasteiger partial charge < -0.3 is 20.0 Å². The van der Waals surface area contributed by atoms with E-state index in [9.17, 15) is 9.59 Å². The molecule has 1 aromatic rings. The Morgan fingerprint density at radius 2 is 2.38 bits per heavy atom. The summed E-state index contributed by atoms with van der Waals surface area (Å²) >= 11 is 0. The number of carbonyl (C=O) groups excluding carboxylic acids is 1. The van der Waals surface area contributed by atoms with Gasteiger partial charge in [0.05, 0.1) is 13.2 Å². The number of nitrogens with zero attached hydrogens (tertiary/aromatic N) is 1. The molecule has 0 aliphatic heterocycles. The molecular weight excluding hydrogens is 216 g/mol. The second kappa shape index (κ2) is 5.26. The van der Waals surface area contributed by atoms with E-state index in [1.54, 1.807) is 0 Å². The van der Waals surface area contributed by atoms with Crippen LogP contribution in [0.3, 0.4) is 0 Å². The summed E-state index contributed by atoms with van der Waals surface area (Å²) in [7, 11) is 1.27.